The Bertz CT molecular complexity index is 715. The van der Waals surface area contributed by atoms with E-state index in [0.717, 1.165) is 5.69 Å². The summed E-state index contributed by atoms with van der Waals surface area (Å²) in [5.74, 6) is 0.349. The molecule has 5 nitrogen and oxygen atoms in total. The van der Waals surface area contributed by atoms with Gasteiger partial charge in [-0.2, -0.15) is 5.10 Å². The van der Waals surface area contributed by atoms with Crippen molar-refractivity contribution >= 4 is 11.6 Å². The molecule has 3 rings (SSSR count). The maximum absolute atomic E-state index is 12.4. The molecule has 20 heavy (non-hydrogen) atoms. The summed E-state index contributed by atoms with van der Waals surface area (Å²) in [5, 5.41) is 9.81. The summed E-state index contributed by atoms with van der Waals surface area (Å²) in [6, 6.07) is 12.8. The van der Waals surface area contributed by atoms with Gasteiger partial charge >= 0.3 is 0 Å². The first-order chi connectivity index (χ1) is 9.75. The number of carbonyl (C=O) groups excluding carboxylic acids is 1. The highest BCUT2D eigenvalue weighted by Crippen LogP contribution is 2.24. The molecule has 2 heterocycles. The van der Waals surface area contributed by atoms with Crippen LogP contribution in [-0.2, 0) is 0 Å². The maximum Gasteiger partial charge on any atom is 0.259 e. The van der Waals surface area contributed by atoms with Gasteiger partial charge in [0.05, 0.1) is 11.8 Å². The zero-order valence-corrected chi connectivity index (χ0v) is 10.9. The van der Waals surface area contributed by atoms with Crippen molar-refractivity contribution in [3.05, 3.63) is 60.0 Å². The fraction of sp³-hybridized carbons (Fsp3) is 0.0667. The second-order valence-corrected chi connectivity index (χ2v) is 4.37. The Labute approximate surface area is 115 Å². The van der Waals surface area contributed by atoms with E-state index in [1.807, 2.05) is 30.3 Å². The van der Waals surface area contributed by atoms with Crippen LogP contribution >= 0.6 is 0 Å². The molecule has 2 aromatic heterocycles. The molecular weight excluding hydrogens is 254 g/mol. The number of carbonyl (C=O) groups is 1. The molecule has 0 saturated carbocycles. The number of H-pyrrole nitrogens is 1. The number of hydrogen-bond acceptors (Lipinski definition) is 3. The minimum Gasteiger partial charge on any atom is -0.463 e. The monoisotopic (exact) mass is 267 g/mol. The lowest BCUT2D eigenvalue weighted by Crippen LogP contribution is -2.13. The van der Waals surface area contributed by atoms with Gasteiger partial charge in [0.1, 0.15) is 5.69 Å². The number of rotatable bonds is 3. The van der Waals surface area contributed by atoms with Gasteiger partial charge in [-0.3, -0.25) is 9.89 Å². The van der Waals surface area contributed by atoms with Crippen LogP contribution in [0.25, 0.3) is 11.5 Å². The van der Waals surface area contributed by atoms with Crippen LogP contribution in [-0.4, -0.2) is 16.1 Å². The number of aromatic amines is 1. The molecule has 0 aliphatic carbocycles. The number of anilines is 1. The highest BCUT2D eigenvalue weighted by molar-refractivity contribution is 6.08. The standard InChI is InChI=1S/C15H13N3O2/c1-10-13(14(18-17-10)12-8-5-9-20-12)15(19)16-11-6-3-2-4-7-11/h2-9H,1H3,(H,16,19)(H,17,18). The summed E-state index contributed by atoms with van der Waals surface area (Å²) in [7, 11) is 0. The lowest BCUT2D eigenvalue weighted by atomic mass is 10.1. The Kier molecular flexibility index (Phi) is 3.09. The molecule has 0 aliphatic heterocycles. The van der Waals surface area contributed by atoms with Crippen molar-refractivity contribution in [1.29, 1.82) is 0 Å². The molecule has 0 saturated heterocycles. The van der Waals surface area contributed by atoms with E-state index in [4.69, 9.17) is 4.42 Å². The molecule has 0 aliphatic rings. The quantitative estimate of drug-likeness (QED) is 0.765. The molecule has 5 heteroatoms. The van der Waals surface area contributed by atoms with Gasteiger partial charge in [-0.05, 0) is 31.2 Å². The molecule has 3 aromatic rings. The topological polar surface area (TPSA) is 70.9 Å². The van der Waals surface area contributed by atoms with E-state index in [1.54, 1.807) is 25.3 Å². The number of nitrogens with zero attached hydrogens (tertiary/aromatic N) is 1. The minimum absolute atomic E-state index is 0.214. The molecule has 0 fully saturated rings. The van der Waals surface area contributed by atoms with Gasteiger partial charge in [-0.15, -0.1) is 0 Å². The van der Waals surface area contributed by atoms with E-state index in [-0.39, 0.29) is 5.91 Å². The Morgan fingerprint density at radius 2 is 2.00 bits per heavy atom. The van der Waals surface area contributed by atoms with E-state index in [2.05, 4.69) is 15.5 Å². The summed E-state index contributed by atoms with van der Waals surface area (Å²) < 4.78 is 5.31. The number of nitrogens with one attached hydrogen (secondary N) is 2. The predicted octanol–water partition coefficient (Wildman–Crippen LogP) is 3.23. The maximum atomic E-state index is 12.4. The lowest BCUT2D eigenvalue weighted by Gasteiger charge is -2.05. The van der Waals surface area contributed by atoms with Crippen LogP contribution in [0.2, 0.25) is 0 Å². The highest BCUT2D eigenvalue weighted by Gasteiger charge is 2.21. The van der Waals surface area contributed by atoms with Crippen molar-refractivity contribution in [1.82, 2.24) is 10.2 Å². The van der Waals surface area contributed by atoms with Crippen molar-refractivity contribution in [2.45, 2.75) is 6.92 Å². The molecule has 0 radical (unpaired) electrons. The van der Waals surface area contributed by atoms with E-state index >= 15 is 0 Å². The number of amides is 1. The smallest absolute Gasteiger partial charge is 0.259 e. The summed E-state index contributed by atoms with van der Waals surface area (Å²) in [4.78, 5) is 12.4. The first kappa shape index (κ1) is 12.2. The average molecular weight is 267 g/mol. The summed E-state index contributed by atoms with van der Waals surface area (Å²) >= 11 is 0. The van der Waals surface area contributed by atoms with Gasteiger partial charge in [0, 0.05) is 11.4 Å². The molecule has 100 valence electrons. The number of aryl methyl sites for hydroxylation is 1. The molecule has 0 spiro atoms. The Balaban J connectivity index is 1.94. The molecule has 0 atom stereocenters. The third-order valence-corrected chi connectivity index (χ3v) is 2.96. The number of aromatic nitrogens is 2. The Morgan fingerprint density at radius 1 is 1.20 bits per heavy atom. The van der Waals surface area contributed by atoms with Crippen LogP contribution in [0.3, 0.4) is 0 Å². The third-order valence-electron chi connectivity index (χ3n) is 2.96. The van der Waals surface area contributed by atoms with E-state index in [0.29, 0.717) is 22.7 Å². The highest BCUT2D eigenvalue weighted by atomic mass is 16.3. The normalized spacial score (nSPS) is 10.4. The minimum atomic E-state index is -0.214. The molecule has 1 aromatic carbocycles. The van der Waals surface area contributed by atoms with Gasteiger partial charge in [0.25, 0.3) is 5.91 Å². The van der Waals surface area contributed by atoms with E-state index in [9.17, 15) is 4.79 Å². The fourth-order valence-corrected chi connectivity index (χ4v) is 2.01. The van der Waals surface area contributed by atoms with Gasteiger partial charge in [0.2, 0.25) is 0 Å². The first-order valence-electron chi connectivity index (χ1n) is 6.21. The Morgan fingerprint density at radius 3 is 2.70 bits per heavy atom. The van der Waals surface area contributed by atoms with Crippen molar-refractivity contribution in [3.63, 3.8) is 0 Å². The zero-order valence-electron chi connectivity index (χ0n) is 10.9. The SMILES string of the molecule is Cc1[nH]nc(-c2ccco2)c1C(=O)Nc1ccccc1. The second kappa shape index (κ2) is 5.05. The summed E-state index contributed by atoms with van der Waals surface area (Å²) in [5.41, 5.74) is 2.44. The molecule has 1 amide bonds. The molecule has 0 unspecified atom stereocenters. The van der Waals surface area contributed by atoms with E-state index in [1.165, 1.54) is 0 Å². The largest absolute Gasteiger partial charge is 0.463 e. The third kappa shape index (κ3) is 2.21. The van der Waals surface area contributed by atoms with Gasteiger partial charge in [-0.25, -0.2) is 0 Å². The van der Waals surface area contributed by atoms with Crippen molar-refractivity contribution in [3.8, 4) is 11.5 Å². The van der Waals surface area contributed by atoms with Gasteiger partial charge in [0.15, 0.2) is 5.76 Å². The van der Waals surface area contributed by atoms with Crippen LogP contribution in [0.4, 0.5) is 5.69 Å². The fourth-order valence-electron chi connectivity index (χ4n) is 2.01. The van der Waals surface area contributed by atoms with Crippen molar-refractivity contribution in [2.75, 3.05) is 5.32 Å². The number of benzene rings is 1. The van der Waals surface area contributed by atoms with E-state index < -0.39 is 0 Å². The van der Waals surface area contributed by atoms with Crippen molar-refractivity contribution in [2.24, 2.45) is 0 Å². The lowest BCUT2D eigenvalue weighted by molar-refractivity contribution is 0.102. The van der Waals surface area contributed by atoms with Gasteiger partial charge in [-0.1, -0.05) is 18.2 Å². The van der Waals surface area contributed by atoms with Crippen molar-refractivity contribution < 1.29 is 9.21 Å². The first-order valence-corrected chi connectivity index (χ1v) is 6.21. The number of para-hydroxylation sites is 1. The summed E-state index contributed by atoms with van der Waals surface area (Å²) in [6.45, 7) is 1.80. The van der Waals surface area contributed by atoms with Crippen LogP contribution in [0.1, 0.15) is 16.1 Å². The zero-order chi connectivity index (χ0) is 13.9. The van der Waals surface area contributed by atoms with Crippen LogP contribution in [0.5, 0.6) is 0 Å². The Hall–Kier alpha value is -2.82. The number of furan rings is 1. The average Bonchev–Trinajstić information content (AvgIpc) is 3.08. The van der Waals surface area contributed by atoms with Crippen LogP contribution in [0, 0.1) is 6.92 Å². The second-order valence-electron chi connectivity index (χ2n) is 4.37. The molecule has 2 N–H and O–H groups in total. The van der Waals surface area contributed by atoms with Gasteiger partial charge < -0.3 is 9.73 Å². The van der Waals surface area contributed by atoms with Crippen LogP contribution in [0.15, 0.2) is 53.1 Å². The predicted molar refractivity (Wildman–Crippen MR) is 75.4 cm³/mol. The van der Waals surface area contributed by atoms with Crippen LogP contribution < -0.4 is 5.32 Å². The summed E-state index contributed by atoms with van der Waals surface area (Å²) in [6.07, 6.45) is 1.55. The molecule has 0 bridgehead atoms. The molecular formula is C15H13N3O2. The number of hydrogen-bond donors (Lipinski definition) is 2.